The molecule has 72 valence electrons. The van der Waals surface area contributed by atoms with Crippen LogP contribution in [0.5, 0.6) is 0 Å². The van der Waals surface area contributed by atoms with E-state index in [2.05, 4.69) is 15.1 Å². The Kier molecular flexibility index (Phi) is 2.46. The third-order valence-corrected chi connectivity index (χ3v) is 3.16. The number of aryl methyl sites for hydroxylation is 1. The molecule has 1 atom stereocenters. The molecule has 1 aliphatic heterocycles. The summed E-state index contributed by atoms with van der Waals surface area (Å²) in [5.41, 5.74) is 0. The summed E-state index contributed by atoms with van der Waals surface area (Å²) in [6, 6.07) is 0. The Labute approximate surface area is 81.5 Å². The maximum atomic E-state index is 5.28. The lowest BCUT2D eigenvalue weighted by molar-refractivity contribution is 0.121. The van der Waals surface area contributed by atoms with Crippen LogP contribution in [-0.4, -0.2) is 36.5 Å². The predicted octanol–water partition coefficient (Wildman–Crippen LogP) is 1.07. The molecule has 0 saturated carbocycles. The number of anilines is 1. The van der Waals surface area contributed by atoms with Gasteiger partial charge in [-0.05, 0) is 13.3 Å². The summed E-state index contributed by atoms with van der Waals surface area (Å²) in [7, 11) is 1.76. The number of hydrogen-bond donors (Lipinski definition) is 0. The van der Waals surface area contributed by atoms with E-state index in [1.54, 1.807) is 18.4 Å². The van der Waals surface area contributed by atoms with E-state index < -0.39 is 0 Å². The summed E-state index contributed by atoms with van der Waals surface area (Å²) in [6.07, 6.45) is 1.46. The lowest BCUT2D eigenvalue weighted by Gasteiger charge is -2.12. The zero-order valence-electron chi connectivity index (χ0n) is 7.86. The first kappa shape index (κ1) is 8.90. The molecule has 1 aliphatic rings. The Bertz CT molecular complexity index is 289. The van der Waals surface area contributed by atoms with Crippen LogP contribution in [0, 0.1) is 6.92 Å². The molecule has 1 fully saturated rings. The Morgan fingerprint density at radius 2 is 2.38 bits per heavy atom. The van der Waals surface area contributed by atoms with Gasteiger partial charge in [0.1, 0.15) is 5.01 Å². The lowest BCUT2D eigenvalue weighted by atomic mass is 10.3. The molecule has 0 radical (unpaired) electrons. The number of aromatic nitrogens is 2. The van der Waals surface area contributed by atoms with E-state index in [0.29, 0.717) is 6.10 Å². The first-order chi connectivity index (χ1) is 6.29. The van der Waals surface area contributed by atoms with Crippen LogP contribution in [0.15, 0.2) is 0 Å². The number of methoxy groups -OCH3 is 1. The Hall–Kier alpha value is -0.680. The molecule has 5 heteroatoms. The molecule has 13 heavy (non-hydrogen) atoms. The number of rotatable bonds is 2. The van der Waals surface area contributed by atoms with Gasteiger partial charge < -0.3 is 9.64 Å². The van der Waals surface area contributed by atoms with Gasteiger partial charge >= 0.3 is 0 Å². The fourth-order valence-electron chi connectivity index (χ4n) is 1.51. The van der Waals surface area contributed by atoms with Crippen LogP contribution in [0.25, 0.3) is 0 Å². The van der Waals surface area contributed by atoms with Crippen LogP contribution < -0.4 is 4.90 Å². The Balaban J connectivity index is 2.03. The van der Waals surface area contributed by atoms with Crippen molar-refractivity contribution in [2.24, 2.45) is 0 Å². The fraction of sp³-hybridized carbons (Fsp3) is 0.750. The second-order valence-corrected chi connectivity index (χ2v) is 4.36. The Morgan fingerprint density at radius 3 is 2.92 bits per heavy atom. The van der Waals surface area contributed by atoms with E-state index in [4.69, 9.17) is 4.74 Å². The highest BCUT2D eigenvalue weighted by Crippen LogP contribution is 2.24. The second kappa shape index (κ2) is 3.59. The molecule has 0 N–H and O–H groups in total. The fourth-order valence-corrected chi connectivity index (χ4v) is 2.23. The first-order valence-electron chi connectivity index (χ1n) is 4.37. The molecule has 1 aromatic rings. The molecule has 1 aromatic heterocycles. The number of nitrogens with zero attached hydrogens (tertiary/aromatic N) is 3. The third kappa shape index (κ3) is 1.81. The quantitative estimate of drug-likeness (QED) is 0.714. The highest BCUT2D eigenvalue weighted by Gasteiger charge is 2.24. The molecule has 0 amide bonds. The molecular formula is C8H13N3OS. The Morgan fingerprint density at radius 1 is 1.54 bits per heavy atom. The van der Waals surface area contributed by atoms with Gasteiger partial charge in [0, 0.05) is 20.2 Å². The molecule has 0 bridgehead atoms. The van der Waals surface area contributed by atoms with Gasteiger partial charge in [-0.15, -0.1) is 10.2 Å². The SMILES string of the molecule is COC1CCN(c2nnc(C)s2)C1. The van der Waals surface area contributed by atoms with Crippen molar-refractivity contribution in [3.63, 3.8) is 0 Å². The van der Waals surface area contributed by atoms with Crippen molar-refractivity contribution >= 4 is 16.5 Å². The van der Waals surface area contributed by atoms with Crippen molar-refractivity contribution in [2.75, 3.05) is 25.1 Å². The summed E-state index contributed by atoms with van der Waals surface area (Å²) in [4.78, 5) is 2.23. The van der Waals surface area contributed by atoms with Gasteiger partial charge in [-0.2, -0.15) is 0 Å². The summed E-state index contributed by atoms with van der Waals surface area (Å²) in [5.74, 6) is 0. The lowest BCUT2D eigenvalue weighted by Crippen LogP contribution is -2.21. The molecule has 2 rings (SSSR count). The number of hydrogen-bond acceptors (Lipinski definition) is 5. The number of ether oxygens (including phenoxy) is 1. The summed E-state index contributed by atoms with van der Waals surface area (Å²) in [5, 5.41) is 10.2. The van der Waals surface area contributed by atoms with Gasteiger partial charge in [0.25, 0.3) is 0 Å². The standard InChI is InChI=1S/C8H13N3OS/c1-6-9-10-8(13-6)11-4-3-7(5-11)12-2/h7H,3-5H2,1-2H3. The van der Waals surface area contributed by atoms with Crippen LogP contribution in [-0.2, 0) is 4.74 Å². The summed E-state index contributed by atoms with van der Waals surface area (Å²) in [6.45, 7) is 3.96. The molecule has 4 nitrogen and oxygen atoms in total. The van der Waals surface area contributed by atoms with E-state index in [9.17, 15) is 0 Å². The van der Waals surface area contributed by atoms with Crippen LogP contribution in [0.1, 0.15) is 11.4 Å². The minimum absolute atomic E-state index is 0.365. The molecule has 0 spiro atoms. The molecule has 2 heterocycles. The molecule has 0 aliphatic carbocycles. The molecule has 0 aromatic carbocycles. The average molecular weight is 199 g/mol. The van der Waals surface area contributed by atoms with Crippen LogP contribution >= 0.6 is 11.3 Å². The van der Waals surface area contributed by atoms with Crippen molar-refractivity contribution in [3.8, 4) is 0 Å². The van der Waals surface area contributed by atoms with Gasteiger partial charge in [-0.25, -0.2) is 0 Å². The normalized spacial score (nSPS) is 22.6. The van der Waals surface area contributed by atoms with Gasteiger partial charge in [0.2, 0.25) is 5.13 Å². The van der Waals surface area contributed by atoms with E-state index in [-0.39, 0.29) is 0 Å². The van der Waals surface area contributed by atoms with Crippen molar-refractivity contribution in [2.45, 2.75) is 19.4 Å². The van der Waals surface area contributed by atoms with Crippen molar-refractivity contribution in [1.29, 1.82) is 0 Å². The van der Waals surface area contributed by atoms with Crippen LogP contribution in [0.2, 0.25) is 0 Å². The van der Waals surface area contributed by atoms with E-state index in [1.807, 2.05) is 6.92 Å². The van der Waals surface area contributed by atoms with Gasteiger partial charge in [0.15, 0.2) is 0 Å². The van der Waals surface area contributed by atoms with E-state index >= 15 is 0 Å². The molecular weight excluding hydrogens is 186 g/mol. The average Bonchev–Trinajstić information content (AvgIpc) is 2.71. The summed E-state index contributed by atoms with van der Waals surface area (Å²) < 4.78 is 5.28. The third-order valence-electron chi connectivity index (χ3n) is 2.26. The van der Waals surface area contributed by atoms with Gasteiger partial charge in [0.05, 0.1) is 6.10 Å². The van der Waals surface area contributed by atoms with Gasteiger partial charge in [-0.3, -0.25) is 0 Å². The highest BCUT2D eigenvalue weighted by atomic mass is 32.1. The zero-order chi connectivity index (χ0) is 9.26. The van der Waals surface area contributed by atoms with Crippen molar-refractivity contribution in [3.05, 3.63) is 5.01 Å². The van der Waals surface area contributed by atoms with E-state index in [0.717, 1.165) is 29.6 Å². The topological polar surface area (TPSA) is 38.2 Å². The molecule has 1 saturated heterocycles. The minimum Gasteiger partial charge on any atom is -0.380 e. The highest BCUT2D eigenvalue weighted by molar-refractivity contribution is 7.15. The maximum absolute atomic E-state index is 5.28. The van der Waals surface area contributed by atoms with Crippen molar-refractivity contribution in [1.82, 2.24) is 10.2 Å². The second-order valence-electron chi connectivity index (χ2n) is 3.20. The first-order valence-corrected chi connectivity index (χ1v) is 5.19. The van der Waals surface area contributed by atoms with Crippen molar-refractivity contribution < 1.29 is 4.74 Å². The van der Waals surface area contributed by atoms with E-state index in [1.165, 1.54) is 0 Å². The largest absolute Gasteiger partial charge is 0.380 e. The monoisotopic (exact) mass is 199 g/mol. The maximum Gasteiger partial charge on any atom is 0.208 e. The zero-order valence-corrected chi connectivity index (χ0v) is 8.67. The summed E-state index contributed by atoms with van der Waals surface area (Å²) >= 11 is 1.65. The smallest absolute Gasteiger partial charge is 0.208 e. The van der Waals surface area contributed by atoms with Gasteiger partial charge in [-0.1, -0.05) is 11.3 Å². The predicted molar refractivity (Wildman–Crippen MR) is 52.3 cm³/mol. The van der Waals surface area contributed by atoms with Crippen LogP contribution in [0.3, 0.4) is 0 Å². The molecule has 1 unspecified atom stereocenters. The van der Waals surface area contributed by atoms with Crippen LogP contribution in [0.4, 0.5) is 5.13 Å². The minimum atomic E-state index is 0.365.